The lowest BCUT2D eigenvalue weighted by molar-refractivity contribution is 0.100. The SMILES string of the molecule is Nc1ccc2nc(S(=O)C3CCCOC3)[nH]c2c1. The second-order valence-electron chi connectivity index (χ2n) is 4.46. The average molecular weight is 265 g/mol. The number of rotatable bonds is 2. The van der Waals surface area contributed by atoms with Crippen LogP contribution < -0.4 is 5.73 Å². The Morgan fingerprint density at radius 1 is 1.50 bits per heavy atom. The van der Waals surface area contributed by atoms with Gasteiger partial charge in [0.2, 0.25) is 0 Å². The summed E-state index contributed by atoms with van der Waals surface area (Å²) in [6.45, 7) is 1.32. The van der Waals surface area contributed by atoms with Crippen molar-refractivity contribution < 1.29 is 8.95 Å². The Kier molecular flexibility index (Phi) is 3.05. The summed E-state index contributed by atoms with van der Waals surface area (Å²) in [7, 11) is -1.14. The minimum Gasteiger partial charge on any atom is -0.399 e. The number of fused-ring (bicyclic) bond motifs is 1. The molecule has 1 aromatic heterocycles. The van der Waals surface area contributed by atoms with E-state index in [4.69, 9.17) is 10.5 Å². The molecule has 2 heterocycles. The second kappa shape index (κ2) is 4.70. The number of nitrogens with two attached hydrogens (primary N) is 1. The highest BCUT2D eigenvalue weighted by Crippen LogP contribution is 2.21. The van der Waals surface area contributed by atoms with Crippen LogP contribution in [-0.2, 0) is 15.5 Å². The molecule has 1 fully saturated rings. The molecule has 0 amide bonds. The van der Waals surface area contributed by atoms with E-state index < -0.39 is 10.8 Å². The Bertz CT molecular complexity index is 590. The lowest BCUT2D eigenvalue weighted by Gasteiger charge is -2.20. The highest BCUT2D eigenvalue weighted by molar-refractivity contribution is 7.85. The van der Waals surface area contributed by atoms with Crippen molar-refractivity contribution in [2.45, 2.75) is 23.2 Å². The number of benzene rings is 1. The largest absolute Gasteiger partial charge is 0.399 e. The number of nitrogen functional groups attached to an aromatic ring is 1. The first kappa shape index (κ1) is 11.7. The molecule has 2 unspecified atom stereocenters. The van der Waals surface area contributed by atoms with Crippen LogP contribution in [0.15, 0.2) is 23.4 Å². The van der Waals surface area contributed by atoms with E-state index in [0.717, 1.165) is 30.5 Å². The summed E-state index contributed by atoms with van der Waals surface area (Å²) in [6.07, 6.45) is 1.88. The molecule has 1 aromatic carbocycles. The number of H-pyrrole nitrogens is 1. The number of imidazole rings is 1. The van der Waals surface area contributed by atoms with Crippen molar-refractivity contribution in [1.29, 1.82) is 0 Å². The van der Waals surface area contributed by atoms with Crippen LogP contribution in [0.25, 0.3) is 11.0 Å². The van der Waals surface area contributed by atoms with Gasteiger partial charge in [0.05, 0.1) is 33.7 Å². The quantitative estimate of drug-likeness (QED) is 0.805. The van der Waals surface area contributed by atoms with Gasteiger partial charge in [0.15, 0.2) is 5.16 Å². The van der Waals surface area contributed by atoms with Crippen molar-refractivity contribution in [3.63, 3.8) is 0 Å². The van der Waals surface area contributed by atoms with Crippen LogP contribution in [0.4, 0.5) is 5.69 Å². The Balaban J connectivity index is 1.91. The van der Waals surface area contributed by atoms with Gasteiger partial charge in [-0.2, -0.15) is 0 Å². The third kappa shape index (κ3) is 2.13. The molecule has 3 rings (SSSR count). The molecule has 3 N–H and O–H groups in total. The molecular weight excluding hydrogens is 250 g/mol. The van der Waals surface area contributed by atoms with Crippen LogP contribution in [0.5, 0.6) is 0 Å². The van der Waals surface area contributed by atoms with E-state index in [-0.39, 0.29) is 5.25 Å². The molecule has 6 heteroatoms. The lowest BCUT2D eigenvalue weighted by Crippen LogP contribution is -2.27. The smallest absolute Gasteiger partial charge is 0.197 e. The molecule has 0 spiro atoms. The average Bonchev–Trinajstić information content (AvgIpc) is 2.81. The molecular formula is C12H15N3O2S. The predicted octanol–water partition coefficient (Wildman–Crippen LogP) is 1.43. The van der Waals surface area contributed by atoms with Crippen molar-refractivity contribution >= 4 is 27.5 Å². The summed E-state index contributed by atoms with van der Waals surface area (Å²) >= 11 is 0. The van der Waals surface area contributed by atoms with Gasteiger partial charge in [0.1, 0.15) is 0 Å². The van der Waals surface area contributed by atoms with E-state index >= 15 is 0 Å². The van der Waals surface area contributed by atoms with Gasteiger partial charge in [-0.25, -0.2) is 4.98 Å². The lowest BCUT2D eigenvalue weighted by atomic mass is 10.2. The van der Waals surface area contributed by atoms with Crippen LogP contribution >= 0.6 is 0 Å². The van der Waals surface area contributed by atoms with Gasteiger partial charge in [0.25, 0.3) is 0 Å². The Hall–Kier alpha value is -1.40. The predicted molar refractivity (Wildman–Crippen MR) is 70.8 cm³/mol. The minimum absolute atomic E-state index is 0.0386. The first-order valence-electron chi connectivity index (χ1n) is 5.97. The highest BCUT2D eigenvalue weighted by Gasteiger charge is 2.24. The summed E-state index contributed by atoms with van der Waals surface area (Å²) in [6, 6.07) is 5.43. The van der Waals surface area contributed by atoms with E-state index in [1.165, 1.54) is 0 Å². The standard InChI is InChI=1S/C12H15N3O2S/c13-8-3-4-10-11(6-8)15-12(14-10)18(16)9-2-1-5-17-7-9/h3-4,6,9H,1-2,5,7,13H2,(H,14,15). The van der Waals surface area contributed by atoms with Crippen LogP contribution in [0, 0.1) is 0 Å². The van der Waals surface area contributed by atoms with Gasteiger partial charge in [-0.05, 0) is 31.0 Å². The summed E-state index contributed by atoms with van der Waals surface area (Å²) in [4.78, 5) is 7.45. The molecule has 1 aliphatic rings. The van der Waals surface area contributed by atoms with Crippen molar-refractivity contribution in [1.82, 2.24) is 9.97 Å². The monoisotopic (exact) mass is 265 g/mol. The summed E-state index contributed by atoms with van der Waals surface area (Å²) in [5.74, 6) is 0. The van der Waals surface area contributed by atoms with Crippen LogP contribution in [-0.4, -0.2) is 32.6 Å². The number of ether oxygens (including phenoxy) is 1. The van der Waals surface area contributed by atoms with Crippen LogP contribution in [0.2, 0.25) is 0 Å². The molecule has 1 saturated heterocycles. The van der Waals surface area contributed by atoms with Gasteiger partial charge in [-0.3, -0.25) is 4.21 Å². The fourth-order valence-corrected chi connectivity index (χ4v) is 3.45. The van der Waals surface area contributed by atoms with Gasteiger partial charge in [-0.15, -0.1) is 0 Å². The fourth-order valence-electron chi connectivity index (χ4n) is 2.14. The van der Waals surface area contributed by atoms with E-state index in [1.807, 2.05) is 6.07 Å². The summed E-state index contributed by atoms with van der Waals surface area (Å²) < 4.78 is 17.7. The van der Waals surface area contributed by atoms with Crippen molar-refractivity contribution in [3.05, 3.63) is 18.2 Å². The summed E-state index contributed by atoms with van der Waals surface area (Å²) in [5, 5.41) is 0.558. The third-order valence-corrected chi connectivity index (χ3v) is 4.65. The Morgan fingerprint density at radius 3 is 3.17 bits per heavy atom. The zero-order chi connectivity index (χ0) is 12.5. The fraction of sp³-hybridized carbons (Fsp3) is 0.417. The van der Waals surface area contributed by atoms with Gasteiger partial charge < -0.3 is 15.5 Å². The molecule has 2 atom stereocenters. The zero-order valence-electron chi connectivity index (χ0n) is 9.89. The molecule has 18 heavy (non-hydrogen) atoms. The summed E-state index contributed by atoms with van der Waals surface area (Å²) in [5.41, 5.74) is 8.00. The van der Waals surface area contributed by atoms with Crippen LogP contribution in [0.1, 0.15) is 12.8 Å². The third-order valence-electron chi connectivity index (χ3n) is 3.10. The topological polar surface area (TPSA) is 81.0 Å². The number of nitrogens with one attached hydrogen (secondary N) is 1. The first-order chi connectivity index (χ1) is 8.74. The van der Waals surface area contributed by atoms with Crippen LogP contribution in [0.3, 0.4) is 0 Å². The molecule has 2 aromatic rings. The van der Waals surface area contributed by atoms with Gasteiger partial charge in [-0.1, -0.05) is 0 Å². The number of aromatic amines is 1. The molecule has 1 aliphatic heterocycles. The van der Waals surface area contributed by atoms with E-state index in [9.17, 15) is 4.21 Å². The molecule has 0 radical (unpaired) electrons. The van der Waals surface area contributed by atoms with Crippen molar-refractivity contribution in [3.8, 4) is 0 Å². The van der Waals surface area contributed by atoms with E-state index in [2.05, 4.69) is 9.97 Å². The van der Waals surface area contributed by atoms with E-state index in [0.29, 0.717) is 17.5 Å². The normalized spacial score (nSPS) is 22.1. The maximum atomic E-state index is 12.4. The first-order valence-corrected chi connectivity index (χ1v) is 7.19. The Morgan fingerprint density at radius 2 is 2.39 bits per heavy atom. The number of hydrogen-bond acceptors (Lipinski definition) is 4. The van der Waals surface area contributed by atoms with Crippen molar-refractivity contribution in [2.24, 2.45) is 0 Å². The molecule has 5 nitrogen and oxygen atoms in total. The highest BCUT2D eigenvalue weighted by atomic mass is 32.2. The number of aromatic nitrogens is 2. The second-order valence-corrected chi connectivity index (χ2v) is 6.10. The minimum atomic E-state index is -1.14. The molecule has 0 aliphatic carbocycles. The van der Waals surface area contributed by atoms with E-state index in [1.54, 1.807) is 12.1 Å². The number of hydrogen-bond donors (Lipinski definition) is 2. The maximum absolute atomic E-state index is 12.4. The maximum Gasteiger partial charge on any atom is 0.197 e. The zero-order valence-corrected chi connectivity index (χ0v) is 10.7. The Labute approximate surface area is 107 Å². The molecule has 96 valence electrons. The molecule has 0 bridgehead atoms. The number of nitrogens with zero attached hydrogens (tertiary/aromatic N) is 1. The van der Waals surface area contributed by atoms with Crippen molar-refractivity contribution in [2.75, 3.05) is 18.9 Å². The van der Waals surface area contributed by atoms with Gasteiger partial charge in [0, 0.05) is 12.3 Å². The van der Waals surface area contributed by atoms with Gasteiger partial charge >= 0.3 is 0 Å². The number of anilines is 1. The molecule has 0 saturated carbocycles.